The number of fused-ring (bicyclic) bond motifs is 1. The maximum absolute atomic E-state index is 13.2. The third kappa shape index (κ3) is 4.85. The van der Waals surface area contributed by atoms with Crippen LogP contribution >= 0.6 is 11.9 Å². The average molecular weight is 394 g/mol. The second-order valence-electron chi connectivity index (χ2n) is 7.02. The van der Waals surface area contributed by atoms with Gasteiger partial charge in [-0.1, -0.05) is 5.57 Å². The fraction of sp³-hybridized carbons (Fsp3) is 0.500. The molecule has 0 radical (unpaired) electrons. The van der Waals surface area contributed by atoms with Crippen LogP contribution in [0.15, 0.2) is 52.2 Å². The molecule has 3 N–H and O–H groups in total. The summed E-state index contributed by atoms with van der Waals surface area (Å²) in [7, 11) is 3.58. The van der Waals surface area contributed by atoms with E-state index in [4.69, 9.17) is 15.2 Å². The summed E-state index contributed by atoms with van der Waals surface area (Å²) in [5.41, 5.74) is 9.48. The van der Waals surface area contributed by atoms with Crippen molar-refractivity contribution in [3.63, 3.8) is 0 Å². The zero-order valence-corrected chi connectivity index (χ0v) is 16.8. The molecule has 1 aliphatic heterocycles. The quantitative estimate of drug-likeness (QED) is 0.523. The number of nitrogens with two attached hydrogens (primary N) is 1. The van der Waals surface area contributed by atoms with Crippen molar-refractivity contribution in [2.75, 3.05) is 47.1 Å². The lowest BCUT2D eigenvalue weighted by Gasteiger charge is -2.46. The van der Waals surface area contributed by atoms with E-state index in [0.717, 1.165) is 42.2 Å². The second kappa shape index (κ2) is 9.10. The molecule has 3 rings (SSSR count). The van der Waals surface area contributed by atoms with Gasteiger partial charge in [0.15, 0.2) is 0 Å². The minimum atomic E-state index is -0.212. The van der Waals surface area contributed by atoms with Gasteiger partial charge in [-0.2, -0.15) is 0 Å². The number of allylic oxidation sites excluding steroid dienone is 2. The molecule has 1 atom stereocenters. The number of hydrogen-bond acceptors (Lipinski definition) is 6. The van der Waals surface area contributed by atoms with Crippen LogP contribution < -0.4 is 11.1 Å². The Hall–Kier alpha value is -1.54. The van der Waals surface area contributed by atoms with E-state index in [1.807, 2.05) is 19.2 Å². The van der Waals surface area contributed by atoms with Crippen LogP contribution in [-0.4, -0.2) is 51.4 Å². The van der Waals surface area contributed by atoms with Crippen molar-refractivity contribution in [3.8, 4) is 0 Å². The van der Waals surface area contributed by atoms with E-state index < -0.39 is 0 Å². The summed E-state index contributed by atoms with van der Waals surface area (Å²) in [6.45, 7) is 3.53. The summed E-state index contributed by atoms with van der Waals surface area (Å²) in [6.07, 6.45) is 3.92. The molecule has 0 spiro atoms. The van der Waals surface area contributed by atoms with Gasteiger partial charge >= 0.3 is 0 Å². The van der Waals surface area contributed by atoms with Crippen molar-refractivity contribution in [2.45, 2.75) is 17.7 Å². The predicted molar refractivity (Wildman–Crippen MR) is 107 cm³/mol. The topological polar surface area (TPSA) is 59.8 Å². The number of nitrogens with zero attached hydrogens (tertiary/aromatic N) is 1. The Bertz CT molecular complexity index is 708. The predicted octanol–water partition coefficient (Wildman–Crippen LogP) is 2.91. The number of halogens is 1. The van der Waals surface area contributed by atoms with Gasteiger partial charge in [0.1, 0.15) is 5.82 Å². The smallest absolute Gasteiger partial charge is 0.123 e. The molecule has 0 saturated carbocycles. The minimum absolute atomic E-state index is 0.135. The second-order valence-corrected chi connectivity index (χ2v) is 8.19. The molecule has 7 heteroatoms. The number of nitrogens with one attached hydrogen (secondary N) is 1. The standard InChI is InChI=1S/C20H28FN3O2S/c1-23-19-11-15-7-8-24(27-17-5-3-16(21)4-6-17)13-20(15,12-18(19)22)14-26-10-9-25-2/h3-6,11,23H,7-10,12-14,22H2,1-2H3. The average Bonchev–Trinajstić information content (AvgIpc) is 2.66. The molecule has 0 bridgehead atoms. The number of likely N-dealkylation sites (N-methyl/N-ethyl adjacent to an activating group) is 1. The summed E-state index contributed by atoms with van der Waals surface area (Å²) >= 11 is 1.67. The zero-order valence-electron chi connectivity index (χ0n) is 16.0. The lowest BCUT2D eigenvalue weighted by molar-refractivity contribution is 0.0149. The molecule has 1 aromatic rings. The number of ether oxygens (including phenoxy) is 2. The normalized spacial score (nSPS) is 23.1. The fourth-order valence-electron chi connectivity index (χ4n) is 3.70. The highest BCUT2D eigenvalue weighted by Gasteiger charge is 2.42. The van der Waals surface area contributed by atoms with Gasteiger partial charge in [0.05, 0.1) is 25.5 Å². The van der Waals surface area contributed by atoms with E-state index in [-0.39, 0.29) is 11.2 Å². The molecule has 1 unspecified atom stereocenters. The molecule has 1 aliphatic carbocycles. The molecule has 1 heterocycles. The van der Waals surface area contributed by atoms with Gasteiger partial charge in [0, 0.05) is 49.7 Å². The molecule has 1 aromatic carbocycles. The van der Waals surface area contributed by atoms with Crippen LogP contribution in [0.1, 0.15) is 12.8 Å². The maximum atomic E-state index is 13.2. The molecule has 1 fully saturated rings. The first kappa shape index (κ1) is 20.2. The van der Waals surface area contributed by atoms with Crippen molar-refractivity contribution in [3.05, 3.63) is 53.1 Å². The van der Waals surface area contributed by atoms with Gasteiger partial charge in [-0.3, -0.25) is 0 Å². The van der Waals surface area contributed by atoms with Gasteiger partial charge < -0.3 is 20.5 Å². The Labute approximate surface area is 164 Å². The first-order chi connectivity index (χ1) is 13.1. The van der Waals surface area contributed by atoms with Crippen LogP contribution in [0.5, 0.6) is 0 Å². The van der Waals surface area contributed by atoms with E-state index in [2.05, 4.69) is 15.7 Å². The minimum Gasteiger partial charge on any atom is -0.400 e. The summed E-state index contributed by atoms with van der Waals surface area (Å²) in [6, 6.07) is 6.65. The first-order valence-electron chi connectivity index (χ1n) is 9.19. The van der Waals surface area contributed by atoms with Crippen LogP contribution in [0.2, 0.25) is 0 Å². The van der Waals surface area contributed by atoms with Crippen LogP contribution in [-0.2, 0) is 9.47 Å². The van der Waals surface area contributed by atoms with Crippen molar-refractivity contribution >= 4 is 11.9 Å². The molecule has 5 nitrogen and oxygen atoms in total. The van der Waals surface area contributed by atoms with Gasteiger partial charge in [-0.15, -0.1) is 0 Å². The molecular formula is C20H28FN3O2S. The lowest BCUT2D eigenvalue weighted by Crippen LogP contribution is -2.47. The van der Waals surface area contributed by atoms with Crippen LogP contribution in [0.25, 0.3) is 0 Å². The Balaban J connectivity index is 1.75. The van der Waals surface area contributed by atoms with Gasteiger partial charge in [0.2, 0.25) is 0 Å². The number of hydrogen-bond donors (Lipinski definition) is 2. The van der Waals surface area contributed by atoms with Gasteiger partial charge in [-0.05, 0) is 48.7 Å². The molecular weight excluding hydrogens is 365 g/mol. The monoisotopic (exact) mass is 393 g/mol. The van der Waals surface area contributed by atoms with E-state index in [1.165, 1.54) is 17.7 Å². The van der Waals surface area contributed by atoms with Crippen LogP contribution in [0.4, 0.5) is 4.39 Å². The van der Waals surface area contributed by atoms with Gasteiger partial charge in [-0.25, -0.2) is 8.70 Å². The highest BCUT2D eigenvalue weighted by molar-refractivity contribution is 7.97. The van der Waals surface area contributed by atoms with Crippen LogP contribution in [0.3, 0.4) is 0 Å². The van der Waals surface area contributed by atoms with Crippen LogP contribution in [0, 0.1) is 11.2 Å². The maximum Gasteiger partial charge on any atom is 0.123 e. The molecule has 0 amide bonds. The summed E-state index contributed by atoms with van der Waals surface area (Å²) in [5.74, 6) is -0.212. The summed E-state index contributed by atoms with van der Waals surface area (Å²) in [5, 5.41) is 3.20. The van der Waals surface area contributed by atoms with Gasteiger partial charge in [0.25, 0.3) is 0 Å². The molecule has 27 heavy (non-hydrogen) atoms. The lowest BCUT2D eigenvalue weighted by atomic mass is 9.70. The molecule has 1 saturated heterocycles. The van der Waals surface area contributed by atoms with E-state index in [0.29, 0.717) is 19.8 Å². The summed E-state index contributed by atoms with van der Waals surface area (Å²) in [4.78, 5) is 1.04. The zero-order chi connectivity index (χ0) is 19.3. The molecule has 0 aromatic heterocycles. The highest BCUT2D eigenvalue weighted by atomic mass is 32.2. The molecule has 2 aliphatic rings. The Morgan fingerprint density at radius 2 is 2.07 bits per heavy atom. The van der Waals surface area contributed by atoms with E-state index in [1.54, 1.807) is 19.1 Å². The van der Waals surface area contributed by atoms with Crippen molar-refractivity contribution in [1.29, 1.82) is 0 Å². The van der Waals surface area contributed by atoms with Crippen molar-refractivity contribution in [2.24, 2.45) is 11.1 Å². The number of benzene rings is 1. The Kier molecular flexibility index (Phi) is 6.81. The first-order valence-corrected chi connectivity index (χ1v) is 9.96. The highest BCUT2D eigenvalue weighted by Crippen LogP contribution is 2.46. The Morgan fingerprint density at radius 3 is 2.78 bits per heavy atom. The van der Waals surface area contributed by atoms with Crippen molar-refractivity contribution in [1.82, 2.24) is 9.62 Å². The third-order valence-corrected chi connectivity index (χ3v) is 6.16. The largest absolute Gasteiger partial charge is 0.400 e. The van der Waals surface area contributed by atoms with E-state index >= 15 is 0 Å². The van der Waals surface area contributed by atoms with Crippen molar-refractivity contribution < 1.29 is 13.9 Å². The molecule has 148 valence electrons. The number of piperidine rings is 1. The fourth-order valence-corrected chi connectivity index (χ4v) is 4.75. The van der Waals surface area contributed by atoms with E-state index in [9.17, 15) is 4.39 Å². The summed E-state index contributed by atoms with van der Waals surface area (Å²) < 4.78 is 26.6. The SMILES string of the molecule is CNC1=C(N)CC2(COCCOC)CN(Sc3ccc(F)cc3)CCC2=C1. The number of methoxy groups -OCH3 is 1. The number of rotatable bonds is 8. The Morgan fingerprint density at radius 1 is 1.30 bits per heavy atom. The third-order valence-electron chi connectivity index (χ3n) is 5.11.